The van der Waals surface area contributed by atoms with Crippen LogP contribution in [0, 0.1) is 6.92 Å². The van der Waals surface area contributed by atoms with Crippen molar-refractivity contribution in [3.05, 3.63) is 27.8 Å². The highest BCUT2D eigenvalue weighted by molar-refractivity contribution is 6.31. The van der Waals surface area contributed by atoms with Crippen molar-refractivity contribution in [1.82, 2.24) is 0 Å². The van der Waals surface area contributed by atoms with Crippen LogP contribution in [0.5, 0.6) is 5.75 Å². The summed E-state index contributed by atoms with van der Waals surface area (Å²) >= 11 is 6.34. The van der Waals surface area contributed by atoms with Crippen molar-refractivity contribution in [3.63, 3.8) is 0 Å². The number of ether oxygens (including phenoxy) is 1. The average molecular weight is 268 g/mol. The first-order valence-electron chi connectivity index (χ1n) is 6.52. The normalized spacial score (nSPS) is 17.1. The Hall–Kier alpha value is -0.730. The minimum atomic E-state index is -0.0308. The molecule has 1 aliphatic carbocycles. The molecule has 2 N–H and O–H groups in total. The van der Waals surface area contributed by atoms with Crippen LogP contribution in [-0.2, 0) is 6.42 Å². The van der Waals surface area contributed by atoms with Gasteiger partial charge in [0.1, 0.15) is 5.75 Å². The first-order valence-corrected chi connectivity index (χ1v) is 6.90. The van der Waals surface area contributed by atoms with Crippen LogP contribution in [0.2, 0.25) is 5.02 Å². The molecule has 0 aliphatic heterocycles. The molecule has 0 aromatic heterocycles. The van der Waals surface area contributed by atoms with Crippen molar-refractivity contribution in [2.75, 3.05) is 7.11 Å². The van der Waals surface area contributed by atoms with Gasteiger partial charge in [-0.05, 0) is 49.3 Å². The molecule has 0 unspecified atom stereocenters. The van der Waals surface area contributed by atoms with Gasteiger partial charge in [-0.25, -0.2) is 0 Å². The van der Waals surface area contributed by atoms with Crippen LogP contribution < -0.4 is 10.5 Å². The van der Waals surface area contributed by atoms with E-state index in [1.54, 1.807) is 7.11 Å². The molecule has 1 fully saturated rings. The fraction of sp³-hybridized carbons (Fsp3) is 0.600. The molecule has 1 aliphatic rings. The molecule has 0 heterocycles. The fourth-order valence-electron chi connectivity index (χ4n) is 2.37. The second-order valence-corrected chi connectivity index (χ2v) is 6.19. The second-order valence-electron chi connectivity index (χ2n) is 5.78. The van der Waals surface area contributed by atoms with E-state index in [9.17, 15) is 0 Å². The largest absolute Gasteiger partial charge is 0.496 e. The van der Waals surface area contributed by atoms with Gasteiger partial charge in [0.05, 0.1) is 7.11 Å². The summed E-state index contributed by atoms with van der Waals surface area (Å²) in [6.07, 6.45) is 3.06. The van der Waals surface area contributed by atoms with Gasteiger partial charge in [-0.3, -0.25) is 0 Å². The van der Waals surface area contributed by atoms with Crippen molar-refractivity contribution < 1.29 is 4.74 Å². The van der Waals surface area contributed by atoms with Gasteiger partial charge in [-0.1, -0.05) is 25.4 Å². The zero-order valence-corrected chi connectivity index (χ0v) is 12.4. The first-order chi connectivity index (χ1) is 8.38. The number of methoxy groups -OCH3 is 1. The number of nitrogens with two attached hydrogens (primary N) is 1. The molecule has 3 heteroatoms. The van der Waals surface area contributed by atoms with Gasteiger partial charge in [0, 0.05) is 16.1 Å². The Morgan fingerprint density at radius 1 is 1.44 bits per heavy atom. The molecule has 100 valence electrons. The van der Waals surface area contributed by atoms with Gasteiger partial charge in [-0.15, -0.1) is 0 Å². The van der Waals surface area contributed by atoms with Crippen LogP contribution in [0.1, 0.15) is 49.3 Å². The highest BCUT2D eigenvalue weighted by Crippen LogP contribution is 2.43. The number of benzene rings is 1. The van der Waals surface area contributed by atoms with E-state index in [0.717, 1.165) is 35.6 Å². The van der Waals surface area contributed by atoms with Gasteiger partial charge < -0.3 is 10.5 Å². The lowest BCUT2D eigenvalue weighted by Gasteiger charge is -2.21. The zero-order valence-electron chi connectivity index (χ0n) is 11.6. The Labute approximate surface area is 114 Å². The summed E-state index contributed by atoms with van der Waals surface area (Å²) in [4.78, 5) is 0. The number of hydrogen-bond acceptors (Lipinski definition) is 2. The molecule has 0 amide bonds. The number of halogens is 1. The summed E-state index contributed by atoms with van der Waals surface area (Å²) in [7, 11) is 1.73. The van der Waals surface area contributed by atoms with Crippen LogP contribution in [0.4, 0.5) is 0 Å². The molecule has 0 saturated heterocycles. The highest BCUT2D eigenvalue weighted by Gasteiger charge is 2.39. The molecule has 1 aromatic carbocycles. The molecule has 18 heavy (non-hydrogen) atoms. The third-order valence-corrected chi connectivity index (χ3v) is 4.27. The van der Waals surface area contributed by atoms with E-state index in [0.29, 0.717) is 5.92 Å². The molecular formula is C15H22ClNO. The maximum Gasteiger partial charge on any atom is 0.125 e. The second kappa shape index (κ2) is 4.75. The topological polar surface area (TPSA) is 35.2 Å². The van der Waals surface area contributed by atoms with E-state index in [1.807, 2.05) is 6.07 Å². The van der Waals surface area contributed by atoms with E-state index >= 15 is 0 Å². The summed E-state index contributed by atoms with van der Waals surface area (Å²) in [5, 5.41) is 0.818. The maximum absolute atomic E-state index is 6.34. The summed E-state index contributed by atoms with van der Waals surface area (Å²) in [6, 6.07) is 2.03. The van der Waals surface area contributed by atoms with Crippen molar-refractivity contribution in [2.45, 2.75) is 51.5 Å². The lowest BCUT2D eigenvalue weighted by atomic mass is 9.92. The number of hydrogen-bond donors (Lipinski definition) is 1. The molecular weight excluding hydrogens is 246 g/mol. The molecule has 0 atom stereocenters. The van der Waals surface area contributed by atoms with Crippen molar-refractivity contribution in [2.24, 2.45) is 5.73 Å². The van der Waals surface area contributed by atoms with Crippen molar-refractivity contribution in [3.8, 4) is 5.75 Å². The first kappa shape index (κ1) is 13.7. The maximum atomic E-state index is 6.34. The smallest absolute Gasteiger partial charge is 0.125 e. The SMILES string of the molecule is COc1c(C(C)C)cc(Cl)c(C)c1CC1(N)CC1. The van der Waals surface area contributed by atoms with Gasteiger partial charge in [-0.2, -0.15) is 0 Å². The standard InChI is InChI=1S/C15H22ClNO/c1-9(2)11-7-13(16)10(3)12(14(11)18-4)8-15(17)5-6-15/h7,9H,5-6,8,17H2,1-4H3. The van der Waals surface area contributed by atoms with Gasteiger partial charge in [0.25, 0.3) is 0 Å². The summed E-state index contributed by atoms with van der Waals surface area (Å²) in [5.74, 6) is 1.37. The van der Waals surface area contributed by atoms with Crippen LogP contribution in [0.3, 0.4) is 0 Å². The van der Waals surface area contributed by atoms with E-state index in [4.69, 9.17) is 22.1 Å². The molecule has 0 spiro atoms. The minimum absolute atomic E-state index is 0.0308. The van der Waals surface area contributed by atoms with Crippen LogP contribution in [-0.4, -0.2) is 12.6 Å². The predicted molar refractivity (Wildman–Crippen MR) is 76.7 cm³/mol. The lowest BCUT2D eigenvalue weighted by Crippen LogP contribution is -2.25. The van der Waals surface area contributed by atoms with Gasteiger partial charge in [0.15, 0.2) is 0 Å². The lowest BCUT2D eigenvalue weighted by molar-refractivity contribution is 0.399. The zero-order chi connectivity index (χ0) is 13.5. The Kier molecular flexibility index (Phi) is 3.61. The van der Waals surface area contributed by atoms with E-state index in [-0.39, 0.29) is 5.54 Å². The van der Waals surface area contributed by atoms with Crippen LogP contribution in [0.25, 0.3) is 0 Å². The minimum Gasteiger partial charge on any atom is -0.496 e. The van der Waals surface area contributed by atoms with Crippen LogP contribution in [0.15, 0.2) is 6.07 Å². The molecule has 2 nitrogen and oxygen atoms in total. The third-order valence-electron chi connectivity index (χ3n) is 3.88. The van der Waals surface area contributed by atoms with Gasteiger partial charge >= 0.3 is 0 Å². The molecule has 0 radical (unpaired) electrons. The number of rotatable bonds is 4. The summed E-state index contributed by atoms with van der Waals surface area (Å²) in [5.41, 5.74) is 9.69. The third kappa shape index (κ3) is 2.50. The quantitative estimate of drug-likeness (QED) is 0.900. The molecule has 2 rings (SSSR count). The van der Waals surface area contributed by atoms with Crippen LogP contribution >= 0.6 is 11.6 Å². The summed E-state index contributed by atoms with van der Waals surface area (Å²) < 4.78 is 5.63. The van der Waals surface area contributed by atoms with E-state index < -0.39 is 0 Å². The molecule has 1 aromatic rings. The fourth-order valence-corrected chi connectivity index (χ4v) is 2.60. The Balaban J connectivity index is 2.53. The van der Waals surface area contributed by atoms with Crippen molar-refractivity contribution >= 4 is 11.6 Å². The molecule has 0 bridgehead atoms. The monoisotopic (exact) mass is 267 g/mol. The Bertz CT molecular complexity index is 464. The Morgan fingerprint density at radius 3 is 2.50 bits per heavy atom. The van der Waals surface area contributed by atoms with E-state index in [1.165, 1.54) is 11.1 Å². The summed E-state index contributed by atoms with van der Waals surface area (Å²) in [6.45, 7) is 6.36. The van der Waals surface area contributed by atoms with Gasteiger partial charge in [0.2, 0.25) is 0 Å². The highest BCUT2D eigenvalue weighted by atomic mass is 35.5. The van der Waals surface area contributed by atoms with Crippen molar-refractivity contribution in [1.29, 1.82) is 0 Å². The Morgan fingerprint density at radius 2 is 2.06 bits per heavy atom. The van der Waals surface area contributed by atoms with E-state index in [2.05, 4.69) is 20.8 Å². The molecule has 1 saturated carbocycles. The average Bonchev–Trinajstić information content (AvgIpc) is 3.02. The predicted octanol–water partition coefficient (Wildman–Crippen LogP) is 3.81.